The Morgan fingerprint density at radius 2 is 1.21 bits per heavy atom. The highest BCUT2D eigenvalue weighted by Crippen LogP contribution is 2.20. The summed E-state index contributed by atoms with van der Waals surface area (Å²) < 4.78 is 0. The van der Waals surface area contributed by atoms with Crippen molar-refractivity contribution in [2.45, 2.75) is 120 Å². The number of benzene rings is 3. The van der Waals surface area contributed by atoms with E-state index in [1.54, 1.807) is 48.7 Å². The van der Waals surface area contributed by atoms with Crippen LogP contribution in [-0.4, -0.2) is 143 Å². The fourth-order valence-electron chi connectivity index (χ4n) is 8.89. The maximum Gasteiger partial charge on any atom is 0.326 e. The topological polar surface area (TPSA) is 458 Å². The summed E-state index contributed by atoms with van der Waals surface area (Å²) in [7, 11) is 0. The van der Waals surface area contributed by atoms with Gasteiger partial charge >= 0.3 is 5.97 Å². The molecule has 9 amide bonds. The molecular weight excluding hydrogens is 1050 g/mol. The van der Waals surface area contributed by atoms with Gasteiger partial charge in [-0.1, -0.05) is 60.7 Å². The molecule has 2 heterocycles. The molecule has 0 aliphatic carbocycles. The maximum atomic E-state index is 14.9. The number of rotatable bonds is 19. The minimum atomic E-state index is -1.72. The van der Waals surface area contributed by atoms with Crippen molar-refractivity contribution in [3.8, 4) is 0 Å². The molecule has 1 aromatic heterocycles. The molecule has 4 aromatic rings. The first-order valence-electron chi connectivity index (χ1n) is 26.3. The van der Waals surface area contributed by atoms with Crippen LogP contribution in [0.15, 0.2) is 95.0 Å². The second-order valence-electron chi connectivity index (χ2n) is 19.4. The number of hydrogen-bond donors (Lipinski definition) is 15. The third-order valence-electron chi connectivity index (χ3n) is 13.1. The number of primary amides is 1. The number of carbonyl (C=O) groups is 10. The van der Waals surface area contributed by atoms with Gasteiger partial charge in [0.15, 0.2) is 11.9 Å². The molecular formula is C54H72N16O11. The predicted octanol–water partition coefficient (Wildman–Crippen LogP) is -2.41. The molecule has 7 atom stereocenters. The molecule has 0 bridgehead atoms. The van der Waals surface area contributed by atoms with E-state index >= 15 is 0 Å². The zero-order valence-electron chi connectivity index (χ0n) is 44.8. The fraction of sp³-hybridized carbons (Fsp3) is 0.407. The minimum Gasteiger partial charge on any atom is -0.480 e. The normalized spacial score (nSPS) is 20.3. The van der Waals surface area contributed by atoms with Crippen LogP contribution >= 0.6 is 0 Å². The van der Waals surface area contributed by atoms with Gasteiger partial charge in [-0.2, -0.15) is 0 Å². The number of guanidine groups is 2. The number of carbonyl (C=O) groups excluding carboxylic acids is 9. The van der Waals surface area contributed by atoms with Crippen LogP contribution < -0.4 is 71.2 Å². The first kappa shape index (κ1) is 62.3. The SMILES string of the molecule is CC(=O)NC(CCCN=C(N)N)C(=O)NC1CC(=O)NCCCCC(C(=O)O)NC(=O)C(Cc2c[nH]c3ccccc23)NC(=O)C(CCCN=C(N)N)NC(=O)C(Cc2ccccc2)NC(=O)C(Cc2ccc(C(N)=O)cc2)NC1=O. The molecule has 27 heteroatoms. The number of nitrogens with two attached hydrogens (primary N) is 5. The molecule has 20 N–H and O–H groups in total. The van der Waals surface area contributed by atoms with Crippen LogP contribution in [0.3, 0.4) is 0 Å². The number of fused-ring (bicyclic) bond motifs is 1. The van der Waals surface area contributed by atoms with Gasteiger partial charge in [-0.15, -0.1) is 0 Å². The van der Waals surface area contributed by atoms with Gasteiger partial charge in [0.1, 0.15) is 42.3 Å². The summed E-state index contributed by atoms with van der Waals surface area (Å²) in [6.07, 6.45) is 0.722. The molecule has 5 rings (SSSR count). The molecule has 1 aliphatic rings. The molecule has 1 saturated heterocycles. The van der Waals surface area contributed by atoms with Gasteiger partial charge in [0, 0.05) is 68.5 Å². The molecule has 81 heavy (non-hydrogen) atoms. The Morgan fingerprint density at radius 1 is 0.654 bits per heavy atom. The second-order valence-corrected chi connectivity index (χ2v) is 19.4. The van der Waals surface area contributed by atoms with E-state index in [9.17, 15) is 53.1 Å². The van der Waals surface area contributed by atoms with Crippen LogP contribution in [0.5, 0.6) is 0 Å². The zero-order chi connectivity index (χ0) is 59.0. The summed E-state index contributed by atoms with van der Waals surface area (Å²) in [6.45, 7) is 1.22. The highest BCUT2D eigenvalue weighted by molar-refractivity contribution is 5.99. The number of aliphatic imine (C=N–C) groups is 2. The number of aromatic amines is 1. The quantitative estimate of drug-likeness (QED) is 0.0264. The van der Waals surface area contributed by atoms with Crippen molar-refractivity contribution in [1.82, 2.24) is 47.5 Å². The van der Waals surface area contributed by atoms with E-state index in [0.717, 1.165) is 10.9 Å². The molecule has 27 nitrogen and oxygen atoms in total. The number of nitrogens with one attached hydrogen (secondary N) is 9. The smallest absolute Gasteiger partial charge is 0.326 e. The summed E-state index contributed by atoms with van der Waals surface area (Å²) in [5, 5.41) is 32.1. The van der Waals surface area contributed by atoms with Gasteiger partial charge in [-0.25, -0.2) is 4.79 Å². The predicted molar refractivity (Wildman–Crippen MR) is 299 cm³/mol. The van der Waals surface area contributed by atoms with E-state index in [1.807, 2.05) is 12.1 Å². The highest BCUT2D eigenvalue weighted by Gasteiger charge is 2.35. The Bertz CT molecular complexity index is 2920. The monoisotopic (exact) mass is 1120 g/mol. The lowest BCUT2D eigenvalue weighted by atomic mass is 10.00. The number of H-pyrrole nitrogens is 1. The highest BCUT2D eigenvalue weighted by atomic mass is 16.4. The van der Waals surface area contributed by atoms with Gasteiger partial charge in [0.2, 0.25) is 53.2 Å². The summed E-state index contributed by atoms with van der Waals surface area (Å²) in [4.78, 5) is 149. The number of amides is 9. The number of para-hydroxylation sites is 1. The number of nitrogens with zero attached hydrogens (tertiary/aromatic N) is 2. The van der Waals surface area contributed by atoms with Gasteiger partial charge in [-0.05, 0) is 79.8 Å². The van der Waals surface area contributed by atoms with Gasteiger partial charge < -0.3 is 81.3 Å². The first-order chi connectivity index (χ1) is 38.7. The molecule has 3 aromatic carbocycles. The largest absolute Gasteiger partial charge is 0.480 e. The molecule has 0 saturated carbocycles. The number of carboxylic acid groups (broad SMARTS) is 1. The lowest BCUT2D eigenvalue weighted by Gasteiger charge is -2.28. The van der Waals surface area contributed by atoms with E-state index in [2.05, 4.69) is 57.5 Å². The fourth-order valence-corrected chi connectivity index (χ4v) is 8.89. The number of carboxylic acids is 1. The average Bonchev–Trinajstić information content (AvgIpc) is 4.05. The van der Waals surface area contributed by atoms with Gasteiger partial charge in [0.05, 0.1) is 6.42 Å². The van der Waals surface area contributed by atoms with Crippen molar-refractivity contribution in [1.29, 1.82) is 0 Å². The first-order valence-corrected chi connectivity index (χ1v) is 26.3. The maximum absolute atomic E-state index is 14.9. The van der Waals surface area contributed by atoms with Crippen LogP contribution in [0.1, 0.15) is 85.3 Å². The zero-order valence-corrected chi connectivity index (χ0v) is 44.8. The molecule has 434 valence electrons. The summed E-state index contributed by atoms with van der Waals surface area (Å²) in [5.41, 5.74) is 30.0. The Labute approximate surface area is 466 Å². The molecule has 0 spiro atoms. The summed E-state index contributed by atoms with van der Waals surface area (Å²) >= 11 is 0. The van der Waals surface area contributed by atoms with Crippen LogP contribution in [0, 0.1) is 0 Å². The molecule has 0 radical (unpaired) electrons. The van der Waals surface area contributed by atoms with Crippen molar-refractivity contribution in [2.75, 3.05) is 19.6 Å². The Hall–Kier alpha value is -9.56. The van der Waals surface area contributed by atoms with Crippen molar-refractivity contribution in [3.63, 3.8) is 0 Å². The lowest BCUT2D eigenvalue weighted by molar-refractivity contribution is -0.142. The lowest BCUT2D eigenvalue weighted by Crippen LogP contribution is -2.61. The minimum absolute atomic E-state index is 0.0126. The van der Waals surface area contributed by atoms with Crippen LogP contribution in [0.25, 0.3) is 10.9 Å². The standard InChI is InChI=1S/C54H72N16O11/c1-30(71)64-37(16-9-23-61-53(56)57)46(74)70-43-28-44(72)60-22-8-7-15-39(52(80)81)66-50(78)42(27-34-29-63-36-14-6-5-13-35(34)36)69-47(75)38(17-10-24-62-54(58)59)65-48(76)40(25-31-11-3-2-4-12-31)67-49(77)41(68-51(43)79)26-32-18-20-33(21-19-32)45(55)73/h2-6,11-14,18-21,29,37-43,63H,7-10,15-17,22-28H2,1H3,(H2,55,73)(H,60,72)(H,64,71)(H,65,76)(H,66,78)(H,67,77)(H,68,79)(H,69,75)(H,70,74)(H,80,81)(H4,56,57,61)(H4,58,59,62). The van der Waals surface area contributed by atoms with E-state index in [-0.39, 0.29) is 101 Å². The third-order valence-corrected chi connectivity index (χ3v) is 13.1. The Balaban J connectivity index is 1.59. The number of aliphatic carboxylic acids is 1. The average molecular weight is 1120 g/mol. The van der Waals surface area contributed by atoms with E-state index in [4.69, 9.17) is 28.7 Å². The second kappa shape index (κ2) is 31.1. The Kier molecular flexibility index (Phi) is 23.9. The van der Waals surface area contributed by atoms with E-state index in [0.29, 0.717) is 16.7 Å². The molecule has 1 fully saturated rings. The van der Waals surface area contributed by atoms with Crippen LogP contribution in [0.4, 0.5) is 0 Å². The van der Waals surface area contributed by atoms with E-state index in [1.165, 1.54) is 31.2 Å². The molecule has 1 aliphatic heterocycles. The summed E-state index contributed by atoms with van der Waals surface area (Å²) in [5.74, 6) is -9.39. The van der Waals surface area contributed by atoms with Crippen molar-refractivity contribution < 1.29 is 53.1 Å². The van der Waals surface area contributed by atoms with Gasteiger partial charge in [-0.3, -0.25) is 53.1 Å². The number of aromatic nitrogens is 1. The Morgan fingerprint density at radius 3 is 1.83 bits per heavy atom. The van der Waals surface area contributed by atoms with Crippen molar-refractivity contribution in [2.24, 2.45) is 38.7 Å². The van der Waals surface area contributed by atoms with Gasteiger partial charge in [0.25, 0.3) is 0 Å². The number of hydrogen-bond acceptors (Lipinski definition) is 12. The van der Waals surface area contributed by atoms with Crippen molar-refractivity contribution >= 4 is 82.0 Å². The van der Waals surface area contributed by atoms with Crippen molar-refractivity contribution in [3.05, 3.63) is 107 Å². The molecule has 7 unspecified atom stereocenters. The van der Waals surface area contributed by atoms with Crippen LogP contribution in [0.2, 0.25) is 0 Å². The third kappa shape index (κ3) is 20.6. The van der Waals surface area contributed by atoms with Crippen LogP contribution in [-0.2, 0) is 62.4 Å². The van der Waals surface area contributed by atoms with E-state index < -0.39 is 108 Å². The summed E-state index contributed by atoms with van der Waals surface area (Å²) in [6, 6.07) is 11.1.